The molecule has 80 valence electrons. The van der Waals surface area contributed by atoms with Gasteiger partial charge >= 0.3 is 5.97 Å². The molecule has 0 radical (unpaired) electrons. The summed E-state index contributed by atoms with van der Waals surface area (Å²) in [5.74, 6) is 0.460. The molecule has 1 aliphatic heterocycles. The highest BCUT2D eigenvalue weighted by atomic mass is 16.5. The normalized spacial score (nSPS) is 23.1. The molecule has 2 atom stereocenters. The summed E-state index contributed by atoms with van der Waals surface area (Å²) in [5.41, 5.74) is 6.91. The van der Waals surface area contributed by atoms with Crippen molar-refractivity contribution in [3.8, 4) is 5.75 Å². The molecule has 0 spiro atoms. The van der Waals surface area contributed by atoms with Gasteiger partial charge in [0, 0.05) is 5.56 Å². The van der Waals surface area contributed by atoms with Crippen LogP contribution < -0.4 is 10.5 Å². The predicted octanol–water partition coefficient (Wildman–Crippen LogP) is 1.01. The van der Waals surface area contributed by atoms with Crippen LogP contribution in [0.3, 0.4) is 0 Å². The third kappa shape index (κ3) is 1.80. The number of carbonyl (C=O) groups is 1. The summed E-state index contributed by atoms with van der Waals surface area (Å²) >= 11 is 0. The monoisotopic (exact) mass is 207 g/mol. The van der Waals surface area contributed by atoms with Crippen LogP contribution in [-0.2, 0) is 9.53 Å². The quantitative estimate of drug-likeness (QED) is 0.735. The number of rotatable bonds is 2. The Kier molecular flexibility index (Phi) is 2.60. The maximum atomic E-state index is 11.1. The first kappa shape index (κ1) is 9.98. The summed E-state index contributed by atoms with van der Waals surface area (Å²) in [6, 6.07) is 7.30. The van der Waals surface area contributed by atoms with E-state index >= 15 is 0 Å². The van der Waals surface area contributed by atoms with Crippen molar-refractivity contribution in [1.82, 2.24) is 0 Å². The van der Waals surface area contributed by atoms with Gasteiger partial charge in [0.1, 0.15) is 11.9 Å². The van der Waals surface area contributed by atoms with Crippen molar-refractivity contribution in [3.05, 3.63) is 29.8 Å². The Morgan fingerprint density at radius 2 is 2.27 bits per heavy atom. The standard InChI is InChI=1S/C11H13NO3/c1-14-10(13)6-9-11(12)7-4-2-3-5-8(7)15-9/h2-5,9,11H,6,12H2,1H3/t9-,11+/m0/s1. The fourth-order valence-electron chi connectivity index (χ4n) is 1.72. The zero-order valence-corrected chi connectivity index (χ0v) is 8.47. The van der Waals surface area contributed by atoms with Crippen molar-refractivity contribution in [2.24, 2.45) is 5.73 Å². The van der Waals surface area contributed by atoms with Gasteiger partial charge in [-0.2, -0.15) is 0 Å². The molecular formula is C11H13NO3. The zero-order chi connectivity index (χ0) is 10.8. The zero-order valence-electron chi connectivity index (χ0n) is 8.47. The van der Waals surface area contributed by atoms with Gasteiger partial charge in [0.05, 0.1) is 19.6 Å². The highest BCUT2D eigenvalue weighted by Gasteiger charge is 2.32. The molecule has 2 N–H and O–H groups in total. The van der Waals surface area contributed by atoms with Crippen LogP contribution in [0.15, 0.2) is 24.3 Å². The van der Waals surface area contributed by atoms with Gasteiger partial charge in [0.15, 0.2) is 0 Å². The van der Waals surface area contributed by atoms with Gasteiger partial charge in [0.25, 0.3) is 0 Å². The third-order valence-electron chi connectivity index (χ3n) is 2.55. The molecule has 0 aromatic heterocycles. The van der Waals surface area contributed by atoms with Crippen LogP contribution in [0, 0.1) is 0 Å². The first-order valence-electron chi connectivity index (χ1n) is 4.80. The van der Waals surface area contributed by atoms with Gasteiger partial charge in [0.2, 0.25) is 0 Å². The smallest absolute Gasteiger partial charge is 0.309 e. The number of fused-ring (bicyclic) bond motifs is 1. The fraction of sp³-hybridized carbons (Fsp3) is 0.364. The maximum Gasteiger partial charge on any atom is 0.309 e. The number of hydrogen-bond donors (Lipinski definition) is 1. The SMILES string of the molecule is COC(=O)C[C@@H]1Oc2ccccc2[C@H]1N. The van der Waals surface area contributed by atoms with E-state index in [4.69, 9.17) is 10.5 Å². The van der Waals surface area contributed by atoms with E-state index in [2.05, 4.69) is 4.74 Å². The number of nitrogens with two attached hydrogens (primary N) is 1. The van der Waals surface area contributed by atoms with Crippen molar-refractivity contribution < 1.29 is 14.3 Å². The topological polar surface area (TPSA) is 61.5 Å². The van der Waals surface area contributed by atoms with Gasteiger partial charge in [-0.15, -0.1) is 0 Å². The van der Waals surface area contributed by atoms with Crippen LogP contribution >= 0.6 is 0 Å². The summed E-state index contributed by atoms with van der Waals surface area (Å²) in [5, 5.41) is 0. The van der Waals surface area contributed by atoms with E-state index in [1.165, 1.54) is 7.11 Å². The van der Waals surface area contributed by atoms with E-state index in [0.717, 1.165) is 11.3 Å². The summed E-state index contributed by atoms with van der Waals surface area (Å²) in [7, 11) is 1.36. The molecule has 0 amide bonds. The lowest BCUT2D eigenvalue weighted by Crippen LogP contribution is -2.28. The Morgan fingerprint density at radius 1 is 1.53 bits per heavy atom. The second kappa shape index (κ2) is 3.90. The van der Waals surface area contributed by atoms with Crippen molar-refractivity contribution in [1.29, 1.82) is 0 Å². The average molecular weight is 207 g/mol. The summed E-state index contributed by atoms with van der Waals surface area (Å²) in [4.78, 5) is 11.1. The largest absolute Gasteiger partial charge is 0.487 e. The Labute approximate surface area is 88.0 Å². The van der Waals surface area contributed by atoms with Crippen LogP contribution in [0.5, 0.6) is 5.75 Å². The summed E-state index contributed by atoms with van der Waals surface area (Å²) < 4.78 is 10.2. The molecule has 0 saturated carbocycles. The van der Waals surface area contributed by atoms with Crippen molar-refractivity contribution >= 4 is 5.97 Å². The molecule has 0 aliphatic carbocycles. The highest BCUT2D eigenvalue weighted by Crippen LogP contribution is 2.35. The van der Waals surface area contributed by atoms with E-state index in [9.17, 15) is 4.79 Å². The number of methoxy groups -OCH3 is 1. The van der Waals surface area contributed by atoms with Gasteiger partial charge in [-0.1, -0.05) is 18.2 Å². The lowest BCUT2D eigenvalue weighted by atomic mass is 10.0. The fourth-order valence-corrected chi connectivity index (χ4v) is 1.72. The summed E-state index contributed by atoms with van der Waals surface area (Å²) in [6.45, 7) is 0. The molecule has 4 nitrogen and oxygen atoms in total. The Hall–Kier alpha value is -1.55. The molecule has 4 heteroatoms. The van der Waals surface area contributed by atoms with Crippen molar-refractivity contribution in [3.63, 3.8) is 0 Å². The molecule has 0 unspecified atom stereocenters. The molecular weight excluding hydrogens is 194 g/mol. The molecule has 0 bridgehead atoms. The minimum atomic E-state index is -0.310. The molecule has 1 heterocycles. The Morgan fingerprint density at radius 3 is 2.93 bits per heavy atom. The third-order valence-corrected chi connectivity index (χ3v) is 2.55. The number of benzene rings is 1. The predicted molar refractivity (Wildman–Crippen MR) is 54.4 cm³/mol. The molecule has 1 aromatic rings. The Balaban J connectivity index is 2.13. The average Bonchev–Trinajstić information content (AvgIpc) is 2.57. The lowest BCUT2D eigenvalue weighted by molar-refractivity contribution is -0.142. The van der Waals surface area contributed by atoms with E-state index in [1.807, 2.05) is 24.3 Å². The second-order valence-corrected chi connectivity index (χ2v) is 3.50. The number of ether oxygens (including phenoxy) is 2. The number of hydrogen-bond acceptors (Lipinski definition) is 4. The number of esters is 1. The maximum absolute atomic E-state index is 11.1. The van der Waals surface area contributed by atoms with Crippen LogP contribution in [0.25, 0.3) is 0 Å². The second-order valence-electron chi connectivity index (χ2n) is 3.50. The van der Waals surface area contributed by atoms with Gasteiger partial charge in [-0.05, 0) is 6.07 Å². The molecule has 2 rings (SSSR count). The number of carbonyl (C=O) groups excluding carboxylic acids is 1. The van der Waals surface area contributed by atoms with Gasteiger partial charge < -0.3 is 15.2 Å². The van der Waals surface area contributed by atoms with E-state index in [0.29, 0.717) is 0 Å². The van der Waals surface area contributed by atoms with Crippen LogP contribution in [0.4, 0.5) is 0 Å². The van der Waals surface area contributed by atoms with Gasteiger partial charge in [-0.3, -0.25) is 4.79 Å². The molecule has 0 fully saturated rings. The number of para-hydroxylation sites is 1. The molecule has 0 saturated heterocycles. The first-order valence-corrected chi connectivity index (χ1v) is 4.80. The molecule has 15 heavy (non-hydrogen) atoms. The van der Waals surface area contributed by atoms with Crippen LogP contribution in [0.2, 0.25) is 0 Å². The van der Waals surface area contributed by atoms with Crippen molar-refractivity contribution in [2.75, 3.05) is 7.11 Å². The molecule has 1 aromatic carbocycles. The van der Waals surface area contributed by atoms with E-state index < -0.39 is 0 Å². The lowest BCUT2D eigenvalue weighted by Gasteiger charge is -2.13. The Bertz CT molecular complexity index is 378. The van der Waals surface area contributed by atoms with Crippen LogP contribution in [-0.4, -0.2) is 19.2 Å². The highest BCUT2D eigenvalue weighted by molar-refractivity contribution is 5.70. The van der Waals surface area contributed by atoms with Crippen LogP contribution in [0.1, 0.15) is 18.0 Å². The van der Waals surface area contributed by atoms with Crippen molar-refractivity contribution in [2.45, 2.75) is 18.6 Å². The van der Waals surface area contributed by atoms with E-state index in [1.54, 1.807) is 0 Å². The molecule has 1 aliphatic rings. The minimum Gasteiger partial charge on any atom is -0.487 e. The van der Waals surface area contributed by atoms with E-state index in [-0.39, 0.29) is 24.5 Å². The minimum absolute atomic E-state index is 0.187. The first-order chi connectivity index (χ1) is 7.22. The van der Waals surface area contributed by atoms with Gasteiger partial charge in [-0.25, -0.2) is 0 Å². The summed E-state index contributed by atoms with van der Waals surface area (Å²) in [6.07, 6.45) is -0.123.